The van der Waals surface area contributed by atoms with Crippen LogP contribution in [0.2, 0.25) is 0 Å². The third-order valence-electron chi connectivity index (χ3n) is 5.85. The Bertz CT molecular complexity index is 1230. The molecule has 2 N–H and O–H groups in total. The first-order valence-electron chi connectivity index (χ1n) is 11.5. The predicted octanol–water partition coefficient (Wildman–Crippen LogP) is 4.65. The summed E-state index contributed by atoms with van der Waals surface area (Å²) in [7, 11) is 3.17. The summed E-state index contributed by atoms with van der Waals surface area (Å²) in [6, 6.07) is 12.4. The van der Waals surface area contributed by atoms with Crippen LogP contribution in [-0.2, 0) is 4.79 Å². The van der Waals surface area contributed by atoms with Crippen molar-refractivity contribution in [2.45, 2.75) is 33.2 Å². The highest BCUT2D eigenvalue weighted by Gasteiger charge is 2.34. The van der Waals surface area contributed by atoms with Crippen LogP contribution in [0.3, 0.4) is 0 Å². The topological polar surface area (TPSA) is 99.5 Å². The number of para-hydroxylation sites is 2. The number of methoxy groups -OCH3 is 2. The predicted molar refractivity (Wildman–Crippen MR) is 134 cm³/mol. The Balaban J connectivity index is 1.70. The Labute approximate surface area is 205 Å². The number of ether oxygens (including phenoxy) is 3. The number of benzene rings is 2. The standard InChI is InChI=1S/C26H31N5O4/c1-16(2)12-13-35-21-11-10-18(14-22(21)34-5)24-23(17(3)29-26-27-15-28-31(24)26)25(32)30-19-8-6-7-9-20(19)33-4/h6-11,14-16,24H,12-13H2,1-5H3,(H,30,32)(H,27,28,29)/t24-/m1/s1. The molecular formula is C26H31N5O4. The highest BCUT2D eigenvalue weighted by atomic mass is 16.5. The number of nitrogens with zero attached hydrogens (tertiary/aromatic N) is 3. The van der Waals surface area contributed by atoms with Crippen LogP contribution in [0.4, 0.5) is 11.6 Å². The third-order valence-corrected chi connectivity index (χ3v) is 5.85. The summed E-state index contributed by atoms with van der Waals surface area (Å²) in [5, 5.41) is 10.6. The zero-order valence-corrected chi connectivity index (χ0v) is 20.7. The van der Waals surface area contributed by atoms with Gasteiger partial charge in [-0.25, -0.2) is 4.68 Å². The molecule has 1 aromatic heterocycles. The van der Waals surface area contributed by atoms with Crippen LogP contribution in [0.15, 0.2) is 60.1 Å². The van der Waals surface area contributed by atoms with Gasteiger partial charge in [-0.05, 0) is 49.1 Å². The minimum Gasteiger partial charge on any atom is -0.495 e. The minimum absolute atomic E-state index is 0.276. The third kappa shape index (κ3) is 5.08. The molecular weight excluding hydrogens is 446 g/mol. The lowest BCUT2D eigenvalue weighted by Gasteiger charge is -2.29. The largest absolute Gasteiger partial charge is 0.495 e. The van der Waals surface area contributed by atoms with Crippen molar-refractivity contribution in [2.75, 3.05) is 31.5 Å². The van der Waals surface area contributed by atoms with Crippen molar-refractivity contribution >= 4 is 17.5 Å². The molecule has 0 spiro atoms. The molecule has 1 amide bonds. The molecule has 35 heavy (non-hydrogen) atoms. The molecule has 0 saturated carbocycles. The summed E-state index contributed by atoms with van der Waals surface area (Å²) in [5.41, 5.74) is 2.58. The van der Waals surface area contributed by atoms with E-state index in [2.05, 4.69) is 34.6 Å². The van der Waals surface area contributed by atoms with E-state index in [1.807, 2.05) is 37.3 Å². The van der Waals surface area contributed by atoms with Gasteiger partial charge in [0.15, 0.2) is 11.5 Å². The lowest BCUT2D eigenvalue weighted by molar-refractivity contribution is -0.113. The van der Waals surface area contributed by atoms with Crippen molar-refractivity contribution < 1.29 is 19.0 Å². The van der Waals surface area contributed by atoms with E-state index in [0.29, 0.717) is 52.7 Å². The summed E-state index contributed by atoms with van der Waals surface area (Å²) in [4.78, 5) is 17.9. The van der Waals surface area contributed by atoms with E-state index in [9.17, 15) is 4.79 Å². The van der Waals surface area contributed by atoms with Crippen molar-refractivity contribution in [3.8, 4) is 17.2 Å². The molecule has 0 fully saturated rings. The molecule has 1 aliphatic heterocycles. The van der Waals surface area contributed by atoms with E-state index in [-0.39, 0.29) is 5.91 Å². The molecule has 1 atom stereocenters. The number of amides is 1. The molecule has 0 unspecified atom stereocenters. The summed E-state index contributed by atoms with van der Waals surface area (Å²) in [6.45, 7) is 6.76. The summed E-state index contributed by atoms with van der Waals surface area (Å²) >= 11 is 0. The van der Waals surface area contributed by atoms with Crippen molar-refractivity contribution in [3.05, 3.63) is 65.6 Å². The van der Waals surface area contributed by atoms with Crippen LogP contribution in [0.5, 0.6) is 17.2 Å². The van der Waals surface area contributed by atoms with E-state index >= 15 is 0 Å². The number of rotatable bonds is 9. The number of fused-ring (bicyclic) bond motifs is 1. The van der Waals surface area contributed by atoms with Crippen molar-refractivity contribution in [2.24, 2.45) is 5.92 Å². The molecule has 0 radical (unpaired) electrons. The number of aromatic nitrogens is 3. The zero-order chi connectivity index (χ0) is 24.9. The molecule has 3 aromatic rings. The van der Waals surface area contributed by atoms with Gasteiger partial charge < -0.3 is 24.8 Å². The van der Waals surface area contributed by atoms with Crippen LogP contribution in [0.25, 0.3) is 0 Å². The normalized spacial score (nSPS) is 14.9. The second-order valence-electron chi connectivity index (χ2n) is 8.69. The molecule has 2 aromatic carbocycles. The van der Waals surface area contributed by atoms with Crippen molar-refractivity contribution in [3.63, 3.8) is 0 Å². The first-order chi connectivity index (χ1) is 16.9. The minimum atomic E-state index is -0.526. The average Bonchev–Trinajstić information content (AvgIpc) is 3.31. The van der Waals surface area contributed by atoms with Gasteiger partial charge in [-0.3, -0.25) is 4.79 Å². The fourth-order valence-corrected chi connectivity index (χ4v) is 4.01. The number of allylic oxidation sites excluding steroid dienone is 1. The van der Waals surface area contributed by atoms with Gasteiger partial charge in [0.1, 0.15) is 18.1 Å². The van der Waals surface area contributed by atoms with E-state index in [0.717, 1.165) is 12.0 Å². The smallest absolute Gasteiger partial charge is 0.255 e. The quantitative estimate of drug-likeness (QED) is 0.463. The van der Waals surface area contributed by atoms with Crippen LogP contribution < -0.4 is 24.8 Å². The van der Waals surface area contributed by atoms with Gasteiger partial charge >= 0.3 is 0 Å². The Morgan fingerprint density at radius 2 is 1.89 bits per heavy atom. The molecule has 2 heterocycles. The monoisotopic (exact) mass is 477 g/mol. The highest BCUT2D eigenvalue weighted by molar-refractivity contribution is 6.06. The molecule has 4 rings (SSSR count). The molecule has 0 saturated heterocycles. The second kappa shape index (κ2) is 10.5. The molecule has 9 heteroatoms. The van der Waals surface area contributed by atoms with Crippen molar-refractivity contribution in [1.82, 2.24) is 14.8 Å². The Morgan fingerprint density at radius 1 is 1.11 bits per heavy atom. The summed E-state index contributed by atoms with van der Waals surface area (Å²) in [5.74, 6) is 2.64. The lowest BCUT2D eigenvalue weighted by Crippen LogP contribution is -2.31. The van der Waals surface area contributed by atoms with E-state index in [1.54, 1.807) is 31.0 Å². The van der Waals surface area contributed by atoms with E-state index < -0.39 is 6.04 Å². The molecule has 0 bridgehead atoms. The maximum atomic E-state index is 13.6. The van der Waals surface area contributed by atoms with Gasteiger partial charge in [-0.1, -0.05) is 32.0 Å². The number of carbonyl (C=O) groups is 1. The van der Waals surface area contributed by atoms with Gasteiger partial charge in [0.25, 0.3) is 5.91 Å². The van der Waals surface area contributed by atoms with Gasteiger partial charge in [-0.2, -0.15) is 10.1 Å². The van der Waals surface area contributed by atoms with Gasteiger partial charge in [0.2, 0.25) is 5.95 Å². The molecule has 184 valence electrons. The number of nitrogens with one attached hydrogen (secondary N) is 2. The van der Waals surface area contributed by atoms with Crippen LogP contribution in [-0.4, -0.2) is 41.5 Å². The SMILES string of the molecule is COc1ccccc1NC(=O)C1=C(C)Nc2ncnn2[C@@H]1c1ccc(OCCC(C)C)c(OC)c1. The van der Waals surface area contributed by atoms with Gasteiger partial charge in [-0.15, -0.1) is 0 Å². The number of anilines is 2. The first-order valence-corrected chi connectivity index (χ1v) is 11.5. The van der Waals surface area contributed by atoms with Crippen LogP contribution in [0, 0.1) is 5.92 Å². The van der Waals surface area contributed by atoms with Crippen molar-refractivity contribution in [1.29, 1.82) is 0 Å². The maximum Gasteiger partial charge on any atom is 0.255 e. The fourth-order valence-electron chi connectivity index (χ4n) is 4.01. The summed E-state index contributed by atoms with van der Waals surface area (Å²) in [6.07, 6.45) is 2.40. The van der Waals surface area contributed by atoms with Crippen LogP contribution >= 0.6 is 0 Å². The lowest BCUT2D eigenvalue weighted by atomic mass is 9.94. The number of carbonyl (C=O) groups excluding carboxylic acids is 1. The fraction of sp³-hybridized carbons (Fsp3) is 0.346. The molecule has 0 aliphatic carbocycles. The Morgan fingerprint density at radius 3 is 2.63 bits per heavy atom. The second-order valence-corrected chi connectivity index (χ2v) is 8.69. The van der Waals surface area contributed by atoms with Crippen LogP contribution in [0.1, 0.15) is 38.8 Å². The number of hydrogen-bond acceptors (Lipinski definition) is 7. The number of hydrogen-bond donors (Lipinski definition) is 2. The molecule has 1 aliphatic rings. The zero-order valence-electron chi connectivity index (χ0n) is 20.7. The maximum absolute atomic E-state index is 13.6. The Kier molecular flexibility index (Phi) is 7.24. The Hall–Kier alpha value is -4.01. The first kappa shape index (κ1) is 24.1. The van der Waals surface area contributed by atoms with Gasteiger partial charge in [0.05, 0.1) is 32.1 Å². The molecule has 9 nitrogen and oxygen atoms in total. The highest BCUT2D eigenvalue weighted by Crippen LogP contribution is 2.39. The average molecular weight is 478 g/mol. The summed E-state index contributed by atoms with van der Waals surface area (Å²) < 4.78 is 18.7. The van der Waals surface area contributed by atoms with Gasteiger partial charge in [0, 0.05) is 5.70 Å². The van der Waals surface area contributed by atoms with E-state index in [4.69, 9.17) is 14.2 Å². The van der Waals surface area contributed by atoms with E-state index in [1.165, 1.54) is 6.33 Å².